The Balaban J connectivity index is 2.90. The first kappa shape index (κ1) is 11.4. The van der Waals surface area contributed by atoms with Gasteiger partial charge in [-0.2, -0.15) is 0 Å². The molecule has 0 bridgehead atoms. The summed E-state index contributed by atoms with van der Waals surface area (Å²) in [5.41, 5.74) is 1.96. The predicted octanol–water partition coefficient (Wildman–Crippen LogP) is 3.49. The van der Waals surface area contributed by atoms with Gasteiger partial charge in [-0.05, 0) is 28.7 Å². The molecule has 0 radical (unpaired) electrons. The van der Waals surface area contributed by atoms with Crippen LogP contribution >= 0.6 is 0 Å². The van der Waals surface area contributed by atoms with E-state index in [1.54, 1.807) is 0 Å². The van der Waals surface area contributed by atoms with Crippen molar-refractivity contribution in [1.29, 1.82) is 0 Å². The average molecular weight is 193 g/mol. The van der Waals surface area contributed by atoms with Gasteiger partial charge in [0.2, 0.25) is 0 Å². The minimum atomic E-state index is 0.252. The molecule has 1 nitrogen and oxygen atoms in total. The Labute approximate surface area is 88.3 Å². The molecule has 80 valence electrons. The van der Waals surface area contributed by atoms with Gasteiger partial charge in [-0.1, -0.05) is 47.6 Å². The highest BCUT2D eigenvalue weighted by molar-refractivity contribution is 5.30. The zero-order chi connectivity index (χ0) is 11.0. The Morgan fingerprint density at radius 3 is 2.07 bits per heavy atom. The second-order valence-electron chi connectivity index (χ2n) is 6.22. The van der Waals surface area contributed by atoms with E-state index in [1.807, 2.05) is 0 Å². The van der Waals surface area contributed by atoms with Crippen molar-refractivity contribution in [3.8, 4) is 0 Å². The summed E-state index contributed by atoms with van der Waals surface area (Å²) in [7, 11) is 0. The standard InChI is InChI=1S/C13H23N/c1-12(2,3)10-7-8-14-11(9-10)13(4,5)6/h7-9,11,14H,1-6H3. The summed E-state index contributed by atoms with van der Waals surface area (Å²) in [4.78, 5) is 0. The molecule has 1 N–H and O–H groups in total. The fourth-order valence-corrected chi connectivity index (χ4v) is 1.52. The predicted molar refractivity (Wildman–Crippen MR) is 63.1 cm³/mol. The molecule has 0 fully saturated rings. The lowest BCUT2D eigenvalue weighted by atomic mass is 9.79. The molecule has 1 aliphatic heterocycles. The van der Waals surface area contributed by atoms with E-state index in [-0.39, 0.29) is 10.8 Å². The van der Waals surface area contributed by atoms with E-state index >= 15 is 0 Å². The summed E-state index contributed by atoms with van der Waals surface area (Å²) < 4.78 is 0. The van der Waals surface area contributed by atoms with Gasteiger partial charge in [0.15, 0.2) is 0 Å². The second-order valence-corrected chi connectivity index (χ2v) is 6.22. The van der Waals surface area contributed by atoms with Crippen LogP contribution in [0.5, 0.6) is 0 Å². The van der Waals surface area contributed by atoms with Crippen molar-refractivity contribution < 1.29 is 0 Å². The molecule has 0 amide bonds. The van der Waals surface area contributed by atoms with E-state index < -0.39 is 0 Å². The van der Waals surface area contributed by atoms with Gasteiger partial charge in [0.25, 0.3) is 0 Å². The molecule has 1 unspecified atom stereocenters. The van der Waals surface area contributed by atoms with Crippen LogP contribution in [0.2, 0.25) is 0 Å². The van der Waals surface area contributed by atoms with E-state index in [1.165, 1.54) is 5.57 Å². The minimum absolute atomic E-state index is 0.252. The Kier molecular flexibility index (Phi) is 2.80. The van der Waals surface area contributed by atoms with Gasteiger partial charge >= 0.3 is 0 Å². The number of allylic oxidation sites excluding steroid dienone is 2. The summed E-state index contributed by atoms with van der Waals surface area (Å²) in [6.07, 6.45) is 6.62. The number of dihydropyridines is 1. The first-order valence-electron chi connectivity index (χ1n) is 5.36. The molecule has 0 saturated carbocycles. The molecule has 1 aliphatic rings. The smallest absolute Gasteiger partial charge is 0.0493 e. The summed E-state index contributed by atoms with van der Waals surface area (Å²) in [5, 5.41) is 3.40. The Bertz CT molecular complexity index is 258. The molecular weight excluding hydrogens is 170 g/mol. The molecule has 14 heavy (non-hydrogen) atoms. The molecule has 0 spiro atoms. The van der Waals surface area contributed by atoms with Crippen molar-refractivity contribution in [3.05, 3.63) is 23.9 Å². The van der Waals surface area contributed by atoms with Gasteiger partial charge in [-0.3, -0.25) is 0 Å². The van der Waals surface area contributed by atoms with Crippen LogP contribution < -0.4 is 5.32 Å². The maximum atomic E-state index is 3.40. The quantitative estimate of drug-likeness (QED) is 0.621. The Morgan fingerprint density at radius 2 is 1.64 bits per heavy atom. The largest absolute Gasteiger partial charge is 0.384 e. The third-order valence-corrected chi connectivity index (χ3v) is 2.68. The zero-order valence-corrected chi connectivity index (χ0v) is 10.3. The Morgan fingerprint density at radius 1 is 1.07 bits per heavy atom. The number of nitrogens with one attached hydrogen (secondary N) is 1. The van der Waals surface area contributed by atoms with Crippen LogP contribution in [0.15, 0.2) is 23.9 Å². The van der Waals surface area contributed by atoms with Gasteiger partial charge < -0.3 is 5.32 Å². The first-order chi connectivity index (χ1) is 6.21. The lowest BCUT2D eigenvalue weighted by Crippen LogP contribution is -2.38. The van der Waals surface area contributed by atoms with Gasteiger partial charge in [-0.15, -0.1) is 0 Å². The maximum Gasteiger partial charge on any atom is 0.0493 e. The maximum absolute atomic E-state index is 3.40. The van der Waals surface area contributed by atoms with Crippen LogP contribution in [0, 0.1) is 10.8 Å². The highest BCUT2D eigenvalue weighted by atomic mass is 14.9. The average Bonchev–Trinajstić information content (AvgIpc) is 2.01. The van der Waals surface area contributed by atoms with Crippen molar-refractivity contribution in [1.82, 2.24) is 5.32 Å². The molecule has 1 heteroatoms. The van der Waals surface area contributed by atoms with E-state index in [4.69, 9.17) is 0 Å². The van der Waals surface area contributed by atoms with E-state index in [9.17, 15) is 0 Å². The van der Waals surface area contributed by atoms with Gasteiger partial charge in [-0.25, -0.2) is 0 Å². The van der Waals surface area contributed by atoms with Gasteiger partial charge in [0.1, 0.15) is 0 Å². The molecule has 1 heterocycles. The molecule has 0 aromatic rings. The fraction of sp³-hybridized carbons (Fsp3) is 0.692. The van der Waals surface area contributed by atoms with Crippen molar-refractivity contribution >= 4 is 0 Å². The SMILES string of the molecule is CC(C)(C)C1=CC(C(C)(C)C)NC=C1. The summed E-state index contributed by atoms with van der Waals surface area (Å²) in [5.74, 6) is 0. The lowest BCUT2D eigenvalue weighted by molar-refractivity contribution is 0.328. The van der Waals surface area contributed by atoms with Crippen LogP contribution in [0.4, 0.5) is 0 Å². The van der Waals surface area contributed by atoms with E-state index in [0.29, 0.717) is 6.04 Å². The Hall–Kier alpha value is -0.720. The first-order valence-corrected chi connectivity index (χ1v) is 5.36. The van der Waals surface area contributed by atoms with Crippen molar-refractivity contribution in [2.24, 2.45) is 10.8 Å². The third kappa shape index (κ3) is 2.63. The minimum Gasteiger partial charge on any atom is -0.384 e. The number of hydrogen-bond acceptors (Lipinski definition) is 1. The topological polar surface area (TPSA) is 12.0 Å². The summed E-state index contributed by atoms with van der Waals surface area (Å²) >= 11 is 0. The number of rotatable bonds is 0. The van der Waals surface area contributed by atoms with Gasteiger partial charge in [0, 0.05) is 6.04 Å². The van der Waals surface area contributed by atoms with E-state index in [2.05, 4.69) is 65.2 Å². The molecule has 0 saturated heterocycles. The molecule has 1 atom stereocenters. The van der Waals surface area contributed by atoms with Crippen LogP contribution in [0.25, 0.3) is 0 Å². The molecular formula is C13H23N. The summed E-state index contributed by atoms with van der Waals surface area (Å²) in [6, 6.07) is 0.446. The highest BCUT2D eigenvalue weighted by Crippen LogP contribution is 2.31. The van der Waals surface area contributed by atoms with Crippen molar-refractivity contribution in [2.75, 3.05) is 0 Å². The molecule has 0 aliphatic carbocycles. The number of hydrogen-bond donors (Lipinski definition) is 1. The monoisotopic (exact) mass is 193 g/mol. The van der Waals surface area contributed by atoms with E-state index in [0.717, 1.165) is 0 Å². The molecule has 0 aromatic carbocycles. The third-order valence-electron chi connectivity index (χ3n) is 2.68. The highest BCUT2D eigenvalue weighted by Gasteiger charge is 2.26. The van der Waals surface area contributed by atoms with Crippen LogP contribution in [0.1, 0.15) is 41.5 Å². The fourth-order valence-electron chi connectivity index (χ4n) is 1.52. The van der Waals surface area contributed by atoms with Crippen LogP contribution in [0.3, 0.4) is 0 Å². The second kappa shape index (κ2) is 3.45. The lowest BCUT2D eigenvalue weighted by Gasteiger charge is -2.34. The van der Waals surface area contributed by atoms with Crippen molar-refractivity contribution in [3.63, 3.8) is 0 Å². The molecule has 0 aromatic heterocycles. The van der Waals surface area contributed by atoms with Crippen LogP contribution in [-0.4, -0.2) is 6.04 Å². The van der Waals surface area contributed by atoms with Crippen molar-refractivity contribution in [2.45, 2.75) is 47.6 Å². The normalized spacial score (nSPS) is 23.0. The summed E-state index contributed by atoms with van der Waals surface area (Å²) in [6.45, 7) is 13.6. The molecule has 1 rings (SSSR count). The zero-order valence-electron chi connectivity index (χ0n) is 10.3. The van der Waals surface area contributed by atoms with Crippen LogP contribution in [-0.2, 0) is 0 Å². The van der Waals surface area contributed by atoms with Gasteiger partial charge in [0.05, 0.1) is 0 Å².